The Hall–Kier alpha value is -1.06. The summed E-state index contributed by atoms with van der Waals surface area (Å²) in [5.41, 5.74) is 0.289. The monoisotopic (exact) mass is 305 g/mol. The second kappa shape index (κ2) is 8.54. The van der Waals surface area contributed by atoms with Crippen LogP contribution in [0.4, 0.5) is 0 Å². The van der Waals surface area contributed by atoms with E-state index in [-0.39, 0.29) is 0 Å². The van der Waals surface area contributed by atoms with Crippen molar-refractivity contribution in [2.24, 2.45) is 0 Å². The van der Waals surface area contributed by atoms with Gasteiger partial charge in [0.2, 0.25) is 0 Å². The highest BCUT2D eigenvalue weighted by Gasteiger charge is 2.28. The van der Waals surface area contributed by atoms with Crippen molar-refractivity contribution in [2.75, 3.05) is 26.2 Å². The fourth-order valence-electron chi connectivity index (χ4n) is 3.13. The van der Waals surface area contributed by atoms with Crippen molar-refractivity contribution in [3.8, 4) is 5.75 Å². The van der Waals surface area contributed by atoms with E-state index in [1.807, 2.05) is 24.3 Å². The Kier molecular flexibility index (Phi) is 6.71. The summed E-state index contributed by atoms with van der Waals surface area (Å²) in [7, 11) is 0. The van der Waals surface area contributed by atoms with Gasteiger partial charge in [0.1, 0.15) is 5.75 Å². The predicted octanol–water partition coefficient (Wildman–Crippen LogP) is 3.95. The van der Waals surface area contributed by atoms with E-state index in [2.05, 4.69) is 18.7 Å². The van der Waals surface area contributed by atoms with Gasteiger partial charge >= 0.3 is 0 Å². The Morgan fingerprint density at radius 2 is 1.77 bits per heavy atom. The average molecular weight is 305 g/mol. The van der Waals surface area contributed by atoms with Crippen molar-refractivity contribution >= 4 is 0 Å². The maximum atomic E-state index is 11.0. The molecule has 0 saturated carbocycles. The fraction of sp³-hybridized carbons (Fsp3) is 0.684. The molecule has 0 unspecified atom stereocenters. The zero-order chi connectivity index (χ0) is 15.8. The number of rotatable bonds is 8. The van der Waals surface area contributed by atoms with Gasteiger partial charge in [0.15, 0.2) is 0 Å². The van der Waals surface area contributed by atoms with Crippen molar-refractivity contribution in [1.29, 1.82) is 0 Å². The van der Waals surface area contributed by atoms with Crippen LogP contribution in [-0.4, -0.2) is 36.2 Å². The lowest BCUT2D eigenvalue weighted by Crippen LogP contribution is -2.36. The predicted molar refractivity (Wildman–Crippen MR) is 91.3 cm³/mol. The third kappa shape index (κ3) is 4.72. The normalized spacial score (nSPS) is 18.9. The van der Waals surface area contributed by atoms with Gasteiger partial charge in [0.25, 0.3) is 0 Å². The molecule has 3 heteroatoms. The third-order valence-corrected chi connectivity index (χ3v) is 4.74. The van der Waals surface area contributed by atoms with Crippen LogP contribution in [0.1, 0.15) is 57.9 Å². The Bertz CT molecular complexity index is 426. The van der Waals surface area contributed by atoms with E-state index >= 15 is 0 Å². The molecule has 0 aliphatic carbocycles. The Morgan fingerprint density at radius 1 is 1.09 bits per heavy atom. The molecular formula is C19H31NO2. The molecule has 1 N–H and O–H groups in total. The molecule has 1 aliphatic rings. The van der Waals surface area contributed by atoms with Crippen molar-refractivity contribution in [3.05, 3.63) is 29.8 Å². The first kappa shape index (κ1) is 17.3. The van der Waals surface area contributed by atoms with Gasteiger partial charge < -0.3 is 14.7 Å². The van der Waals surface area contributed by atoms with Gasteiger partial charge in [-0.05, 0) is 62.9 Å². The molecule has 0 spiro atoms. The standard InChI is InChI=1S/C19H31NO2/c1-3-16-22-18-10-8-17(9-11-18)19(21,4-2)12-15-20-13-6-5-7-14-20/h8-11,21H,3-7,12-16H2,1-2H3/t19-/m0/s1. The van der Waals surface area contributed by atoms with Gasteiger partial charge in [-0.3, -0.25) is 0 Å². The van der Waals surface area contributed by atoms with Crippen LogP contribution in [0.15, 0.2) is 24.3 Å². The smallest absolute Gasteiger partial charge is 0.119 e. The molecule has 3 nitrogen and oxygen atoms in total. The first-order chi connectivity index (χ1) is 10.7. The van der Waals surface area contributed by atoms with Crippen molar-refractivity contribution < 1.29 is 9.84 Å². The van der Waals surface area contributed by atoms with E-state index in [1.165, 1.54) is 32.4 Å². The van der Waals surface area contributed by atoms with Crippen LogP contribution in [0.3, 0.4) is 0 Å². The topological polar surface area (TPSA) is 32.7 Å². The van der Waals surface area contributed by atoms with Crippen molar-refractivity contribution in [1.82, 2.24) is 4.90 Å². The minimum atomic E-state index is -0.721. The molecule has 1 saturated heterocycles. The summed E-state index contributed by atoms with van der Waals surface area (Å²) in [4.78, 5) is 2.49. The largest absolute Gasteiger partial charge is 0.494 e. The Balaban J connectivity index is 1.95. The van der Waals surface area contributed by atoms with Crippen LogP contribution < -0.4 is 4.74 Å². The number of ether oxygens (including phenoxy) is 1. The SMILES string of the molecule is CCCOc1ccc([C@](O)(CC)CCN2CCCCC2)cc1. The van der Waals surface area contributed by atoms with Crippen molar-refractivity contribution in [3.63, 3.8) is 0 Å². The highest BCUT2D eigenvalue weighted by Crippen LogP contribution is 2.30. The quantitative estimate of drug-likeness (QED) is 0.789. The molecule has 1 aromatic rings. The number of nitrogens with zero attached hydrogens (tertiary/aromatic N) is 1. The average Bonchev–Trinajstić information content (AvgIpc) is 2.59. The van der Waals surface area contributed by atoms with Gasteiger partial charge in [0, 0.05) is 6.54 Å². The van der Waals surface area contributed by atoms with E-state index in [1.54, 1.807) is 0 Å². The molecule has 22 heavy (non-hydrogen) atoms. The summed E-state index contributed by atoms with van der Waals surface area (Å²) in [5.74, 6) is 0.889. The summed E-state index contributed by atoms with van der Waals surface area (Å²) >= 11 is 0. The van der Waals surface area contributed by atoms with E-state index in [0.717, 1.165) is 43.7 Å². The van der Waals surface area contributed by atoms with Crippen molar-refractivity contribution in [2.45, 2.75) is 58.0 Å². The number of likely N-dealkylation sites (tertiary alicyclic amines) is 1. The van der Waals surface area contributed by atoms with Crippen LogP contribution in [0.25, 0.3) is 0 Å². The molecule has 0 aromatic heterocycles. The number of hydrogen-bond acceptors (Lipinski definition) is 3. The van der Waals surface area contributed by atoms with Gasteiger partial charge in [-0.25, -0.2) is 0 Å². The Labute approximate surface area is 135 Å². The Morgan fingerprint density at radius 3 is 2.36 bits per heavy atom. The summed E-state index contributed by atoms with van der Waals surface area (Å²) < 4.78 is 5.62. The number of benzene rings is 1. The van der Waals surface area contributed by atoms with E-state index in [9.17, 15) is 5.11 Å². The summed E-state index contributed by atoms with van der Waals surface area (Å²) in [6.45, 7) is 8.26. The second-order valence-corrected chi connectivity index (χ2v) is 6.41. The second-order valence-electron chi connectivity index (χ2n) is 6.41. The first-order valence-electron chi connectivity index (χ1n) is 8.86. The molecule has 0 radical (unpaired) electrons. The lowest BCUT2D eigenvalue weighted by molar-refractivity contribution is 0.0115. The molecule has 1 fully saturated rings. The molecule has 1 aromatic carbocycles. The first-order valence-corrected chi connectivity index (χ1v) is 8.86. The molecule has 0 bridgehead atoms. The van der Waals surface area contributed by atoms with Crippen LogP contribution in [0.5, 0.6) is 5.75 Å². The maximum Gasteiger partial charge on any atom is 0.119 e. The fourth-order valence-corrected chi connectivity index (χ4v) is 3.13. The van der Waals surface area contributed by atoms with E-state index in [0.29, 0.717) is 0 Å². The number of aliphatic hydroxyl groups is 1. The summed E-state index contributed by atoms with van der Waals surface area (Å²) in [5, 5.41) is 11.0. The minimum absolute atomic E-state index is 0.721. The lowest BCUT2D eigenvalue weighted by Gasteiger charge is -2.32. The van der Waals surface area contributed by atoms with Gasteiger partial charge in [-0.15, -0.1) is 0 Å². The van der Waals surface area contributed by atoms with E-state index < -0.39 is 5.60 Å². The zero-order valence-corrected chi connectivity index (χ0v) is 14.2. The molecule has 1 atom stereocenters. The highest BCUT2D eigenvalue weighted by molar-refractivity contribution is 5.31. The molecule has 2 rings (SSSR count). The highest BCUT2D eigenvalue weighted by atomic mass is 16.5. The lowest BCUT2D eigenvalue weighted by atomic mass is 9.87. The molecule has 1 heterocycles. The van der Waals surface area contributed by atoms with E-state index in [4.69, 9.17) is 4.74 Å². The summed E-state index contributed by atoms with van der Waals surface area (Å²) in [6.07, 6.45) is 6.51. The van der Waals surface area contributed by atoms with Crippen LogP contribution in [0, 0.1) is 0 Å². The molecule has 0 amide bonds. The molecule has 124 valence electrons. The van der Waals surface area contributed by atoms with Crippen LogP contribution in [0.2, 0.25) is 0 Å². The van der Waals surface area contributed by atoms with Gasteiger partial charge in [-0.2, -0.15) is 0 Å². The molecular weight excluding hydrogens is 274 g/mol. The number of piperidine rings is 1. The zero-order valence-electron chi connectivity index (χ0n) is 14.2. The van der Waals surface area contributed by atoms with Gasteiger partial charge in [0.05, 0.1) is 12.2 Å². The number of hydrogen-bond donors (Lipinski definition) is 1. The van der Waals surface area contributed by atoms with Crippen LogP contribution in [-0.2, 0) is 5.60 Å². The summed E-state index contributed by atoms with van der Waals surface area (Å²) in [6, 6.07) is 7.99. The van der Waals surface area contributed by atoms with Crippen LogP contribution >= 0.6 is 0 Å². The maximum absolute atomic E-state index is 11.0. The molecule has 1 aliphatic heterocycles. The third-order valence-electron chi connectivity index (χ3n) is 4.74. The minimum Gasteiger partial charge on any atom is -0.494 e. The van der Waals surface area contributed by atoms with Gasteiger partial charge in [-0.1, -0.05) is 32.4 Å².